The third-order valence-corrected chi connectivity index (χ3v) is 5.39. The first kappa shape index (κ1) is 14.3. The van der Waals surface area contributed by atoms with Crippen LogP contribution in [-0.2, 0) is 0 Å². The van der Waals surface area contributed by atoms with Crippen molar-refractivity contribution in [2.75, 3.05) is 7.05 Å². The Bertz CT molecular complexity index is 239. The maximum atomic E-state index is 3.52. The molecule has 2 nitrogen and oxygen atoms in total. The van der Waals surface area contributed by atoms with Crippen molar-refractivity contribution in [2.45, 2.75) is 89.9 Å². The Kier molecular flexibility index (Phi) is 5.08. The molecular formula is C16H32N2. The van der Waals surface area contributed by atoms with Gasteiger partial charge in [-0.15, -0.1) is 0 Å². The molecule has 0 aliphatic carbocycles. The first-order valence-electron chi connectivity index (χ1n) is 8.10. The Hall–Kier alpha value is -0.0800. The number of hydrogen-bond donors (Lipinski definition) is 1. The van der Waals surface area contributed by atoms with Crippen LogP contribution >= 0.6 is 0 Å². The molecule has 4 atom stereocenters. The molecule has 0 aromatic carbocycles. The number of nitrogens with one attached hydrogen (secondary N) is 1. The smallest absolute Gasteiger partial charge is 0.0116 e. The van der Waals surface area contributed by atoms with Crippen LogP contribution in [0.1, 0.15) is 65.7 Å². The second-order valence-electron chi connectivity index (χ2n) is 6.74. The fraction of sp³-hybridized carbons (Fsp3) is 1.00. The Labute approximate surface area is 114 Å². The van der Waals surface area contributed by atoms with E-state index in [1.807, 2.05) is 0 Å². The van der Waals surface area contributed by atoms with E-state index < -0.39 is 0 Å². The van der Waals surface area contributed by atoms with Gasteiger partial charge in [-0.1, -0.05) is 26.7 Å². The molecule has 0 saturated carbocycles. The molecule has 0 aromatic rings. The van der Waals surface area contributed by atoms with E-state index in [4.69, 9.17) is 0 Å². The number of fused-ring (bicyclic) bond motifs is 2. The topological polar surface area (TPSA) is 15.3 Å². The molecule has 4 unspecified atom stereocenters. The molecule has 0 amide bonds. The van der Waals surface area contributed by atoms with E-state index in [-0.39, 0.29) is 0 Å². The molecule has 1 N–H and O–H groups in total. The highest BCUT2D eigenvalue weighted by molar-refractivity contribution is 4.96. The fourth-order valence-corrected chi connectivity index (χ4v) is 4.24. The normalized spacial score (nSPS) is 36.3. The summed E-state index contributed by atoms with van der Waals surface area (Å²) in [5, 5.41) is 3.52. The van der Waals surface area contributed by atoms with Gasteiger partial charge in [-0.25, -0.2) is 0 Å². The molecule has 2 fully saturated rings. The van der Waals surface area contributed by atoms with Gasteiger partial charge < -0.3 is 5.32 Å². The van der Waals surface area contributed by atoms with Crippen molar-refractivity contribution in [1.29, 1.82) is 0 Å². The third kappa shape index (κ3) is 3.08. The minimum Gasteiger partial charge on any atom is -0.317 e. The molecule has 2 rings (SSSR count). The second-order valence-corrected chi connectivity index (χ2v) is 6.74. The Morgan fingerprint density at radius 1 is 1.17 bits per heavy atom. The summed E-state index contributed by atoms with van der Waals surface area (Å²) in [6, 6.07) is 3.27. The quantitative estimate of drug-likeness (QED) is 0.806. The molecular weight excluding hydrogens is 220 g/mol. The second kappa shape index (κ2) is 6.38. The summed E-state index contributed by atoms with van der Waals surface area (Å²) in [5.74, 6) is 0.878. The van der Waals surface area contributed by atoms with E-state index in [0.717, 1.165) is 30.1 Å². The standard InChI is InChI=1S/C16H32N2/c1-5-12(2)9-13(3)18-15-7-6-8-16(18)11-14(10-15)17-4/h12-17H,5-11H2,1-4H3. The van der Waals surface area contributed by atoms with Crippen LogP contribution in [-0.4, -0.2) is 36.1 Å². The van der Waals surface area contributed by atoms with E-state index in [2.05, 4.69) is 38.0 Å². The monoisotopic (exact) mass is 252 g/mol. The van der Waals surface area contributed by atoms with Crippen LogP contribution in [0.25, 0.3) is 0 Å². The average Bonchev–Trinajstić information content (AvgIpc) is 2.36. The van der Waals surface area contributed by atoms with Gasteiger partial charge in [0.25, 0.3) is 0 Å². The van der Waals surface area contributed by atoms with Crippen molar-refractivity contribution >= 4 is 0 Å². The van der Waals surface area contributed by atoms with Crippen LogP contribution in [0.4, 0.5) is 0 Å². The lowest BCUT2D eigenvalue weighted by atomic mass is 9.80. The van der Waals surface area contributed by atoms with Gasteiger partial charge in [0.15, 0.2) is 0 Å². The SMILES string of the molecule is CCC(C)CC(C)N1C2CCCC1CC(NC)C2. The van der Waals surface area contributed by atoms with Gasteiger partial charge in [-0.05, 0) is 52.0 Å². The molecule has 106 valence electrons. The highest BCUT2D eigenvalue weighted by atomic mass is 15.2. The lowest BCUT2D eigenvalue weighted by Gasteiger charge is -2.52. The van der Waals surface area contributed by atoms with Crippen molar-refractivity contribution in [1.82, 2.24) is 10.2 Å². The van der Waals surface area contributed by atoms with E-state index in [0.29, 0.717) is 0 Å². The third-order valence-electron chi connectivity index (χ3n) is 5.39. The lowest BCUT2D eigenvalue weighted by molar-refractivity contribution is -0.0107. The summed E-state index contributed by atoms with van der Waals surface area (Å²) in [7, 11) is 2.14. The van der Waals surface area contributed by atoms with Crippen LogP contribution in [0.15, 0.2) is 0 Å². The zero-order valence-corrected chi connectivity index (χ0v) is 12.8. The van der Waals surface area contributed by atoms with Crippen molar-refractivity contribution < 1.29 is 0 Å². The van der Waals surface area contributed by atoms with E-state index in [9.17, 15) is 0 Å². The molecule has 2 bridgehead atoms. The van der Waals surface area contributed by atoms with E-state index in [1.165, 1.54) is 44.9 Å². The largest absolute Gasteiger partial charge is 0.317 e. The summed E-state index contributed by atoms with van der Waals surface area (Å²) >= 11 is 0. The molecule has 0 spiro atoms. The van der Waals surface area contributed by atoms with Crippen molar-refractivity contribution in [3.63, 3.8) is 0 Å². The maximum absolute atomic E-state index is 3.52. The fourth-order valence-electron chi connectivity index (χ4n) is 4.24. The van der Waals surface area contributed by atoms with Crippen molar-refractivity contribution in [2.24, 2.45) is 5.92 Å². The first-order chi connectivity index (χ1) is 8.65. The van der Waals surface area contributed by atoms with Crippen LogP contribution < -0.4 is 5.32 Å². The van der Waals surface area contributed by atoms with Gasteiger partial charge in [0.05, 0.1) is 0 Å². The molecule has 2 aliphatic heterocycles. The first-order valence-corrected chi connectivity index (χ1v) is 8.10. The molecule has 2 aliphatic rings. The molecule has 2 heteroatoms. The minimum absolute atomic E-state index is 0.771. The lowest BCUT2D eigenvalue weighted by Crippen LogP contribution is -2.58. The van der Waals surface area contributed by atoms with Gasteiger partial charge in [-0.3, -0.25) is 4.90 Å². The van der Waals surface area contributed by atoms with Gasteiger partial charge in [0, 0.05) is 24.2 Å². The number of piperidine rings is 2. The predicted molar refractivity (Wildman–Crippen MR) is 78.9 cm³/mol. The highest BCUT2D eigenvalue weighted by Gasteiger charge is 2.39. The molecule has 18 heavy (non-hydrogen) atoms. The Morgan fingerprint density at radius 3 is 2.28 bits per heavy atom. The van der Waals surface area contributed by atoms with Crippen LogP contribution in [0.3, 0.4) is 0 Å². The number of nitrogens with zero attached hydrogens (tertiary/aromatic N) is 1. The van der Waals surface area contributed by atoms with Gasteiger partial charge in [0.1, 0.15) is 0 Å². The summed E-state index contributed by atoms with van der Waals surface area (Å²) in [4.78, 5) is 2.89. The summed E-state index contributed by atoms with van der Waals surface area (Å²) in [6.45, 7) is 7.20. The summed E-state index contributed by atoms with van der Waals surface area (Å²) in [5.41, 5.74) is 0. The van der Waals surface area contributed by atoms with Crippen LogP contribution in [0.2, 0.25) is 0 Å². The summed E-state index contributed by atoms with van der Waals surface area (Å²) < 4.78 is 0. The molecule has 2 saturated heterocycles. The Balaban J connectivity index is 1.99. The van der Waals surface area contributed by atoms with E-state index >= 15 is 0 Å². The minimum atomic E-state index is 0.771. The Morgan fingerprint density at radius 2 is 1.78 bits per heavy atom. The highest BCUT2D eigenvalue weighted by Crippen LogP contribution is 2.36. The van der Waals surface area contributed by atoms with Crippen LogP contribution in [0, 0.1) is 5.92 Å². The van der Waals surface area contributed by atoms with Gasteiger partial charge >= 0.3 is 0 Å². The summed E-state index contributed by atoms with van der Waals surface area (Å²) in [6.07, 6.45) is 9.77. The van der Waals surface area contributed by atoms with Gasteiger partial charge in [0.2, 0.25) is 0 Å². The zero-order valence-electron chi connectivity index (χ0n) is 12.8. The molecule has 0 aromatic heterocycles. The van der Waals surface area contributed by atoms with Gasteiger partial charge in [-0.2, -0.15) is 0 Å². The average molecular weight is 252 g/mol. The molecule has 0 radical (unpaired) electrons. The van der Waals surface area contributed by atoms with Crippen LogP contribution in [0.5, 0.6) is 0 Å². The predicted octanol–water partition coefficient (Wildman–Crippen LogP) is 3.42. The van der Waals surface area contributed by atoms with Crippen molar-refractivity contribution in [3.8, 4) is 0 Å². The van der Waals surface area contributed by atoms with Crippen molar-refractivity contribution in [3.05, 3.63) is 0 Å². The molecule has 2 heterocycles. The number of rotatable bonds is 5. The maximum Gasteiger partial charge on any atom is 0.0116 e. The number of hydrogen-bond acceptors (Lipinski definition) is 2. The van der Waals surface area contributed by atoms with E-state index in [1.54, 1.807) is 0 Å². The zero-order chi connectivity index (χ0) is 13.1.